The number of piperidine rings is 1. The first-order valence-electron chi connectivity index (χ1n) is 10.6. The van der Waals surface area contributed by atoms with E-state index in [0.717, 1.165) is 24.0 Å². The molecular weight excluding hydrogens is 362 g/mol. The van der Waals surface area contributed by atoms with Crippen LogP contribution in [0.25, 0.3) is 0 Å². The molecule has 2 aromatic rings. The first kappa shape index (κ1) is 19.6. The van der Waals surface area contributed by atoms with Gasteiger partial charge < -0.3 is 16.0 Å². The molecule has 5 heteroatoms. The Morgan fingerprint density at radius 3 is 2.31 bits per heavy atom. The molecule has 0 aromatic heterocycles. The zero-order chi connectivity index (χ0) is 20.2. The topological polar surface area (TPSA) is 75.4 Å². The van der Waals surface area contributed by atoms with Crippen molar-refractivity contribution < 1.29 is 9.59 Å². The number of nitrogens with two attached hydrogens (primary N) is 1. The number of likely N-dealkylation sites (tertiary alicyclic amines) is 1. The Hall–Kier alpha value is -2.66. The van der Waals surface area contributed by atoms with Crippen LogP contribution in [0.15, 0.2) is 60.7 Å². The summed E-state index contributed by atoms with van der Waals surface area (Å²) >= 11 is 0. The fraction of sp³-hybridized carbons (Fsp3) is 0.417. The summed E-state index contributed by atoms with van der Waals surface area (Å²) in [6, 6.07) is 19.7. The van der Waals surface area contributed by atoms with Crippen LogP contribution >= 0.6 is 0 Å². The van der Waals surface area contributed by atoms with Gasteiger partial charge in [0.15, 0.2) is 0 Å². The van der Waals surface area contributed by atoms with Gasteiger partial charge >= 0.3 is 0 Å². The SMILES string of the molecule is NCC(NC(=O)C1CCC(=O)N(Cc2ccccc2)C1c1ccccc1)C1CC1. The van der Waals surface area contributed by atoms with Crippen molar-refractivity contribution >= 4 is 11.8 Å². The van der Waals surface area contributed by atoms with Crippen LogP contribution in [0.1, 0.15) is 42.9 Å². The monoisotopic (exact) mass is 391 g/mol. The predicted octanol–water partition coefficient (Wildman–Crippen LogP) is 3.02. The first-order valence-corrected chi connectivity index (χ1v) is 10.6. The van der Waals surface area contributed by atoms with Crippen LogP contribution in [0.2, 0.25) is 0 Å². The summed E-state index contributed by atoms with van der Waals surface area (Å²) in [5.74, 6) is 0.354. The highest BCUT2D eigenvalue weighted by molar-refractivity contribution is 5.85. The van der Waals surface area contributed by atoms with Gasteiger partial charge in [0.1, 0.15) is 0 Å². The normalized spacial score (nSPS) is 22.9. The Bertz CT molecular complexity index is 836. The number of benzene rings is 2. The van der Waals surface area contributed by atoms with E-state index in [4.69, 9.17) is 5.73 Å². The molecule has 2 amide bonds. The molecule has 2 fully saturated rings. The Kier molecular flexibility index (Phi) is 5.95. The van der Waals surface area contributed by atoms with Crippen molar-refractivity contribution in [3.05, 3.63) is 71.8 Å². The van der Waals surface area contributed by atoms with E-state index in [2.05, 4.69) is 5.32 Å². The lowest BCUT2D eigenvalue weighted by Crippen LogP contribution is -2.51. The molecule has 0 spiro atoms. The minimum Gasteiger partial charge on any atom is -0.352 e. The first-order chi connectivity index (χ1) is 14.2. The fourth-order valence-corrected chi connectivity index (χ4v) is 4.41. The van der Waals surface area contributed by atoms with Crippen molar-refractivity contribution in [1.82, 2.24) is 10.2 Å². The van der Waals surface area contributed by atoms with E-state index in [1.54, 1.807) is 0 Å². The molecule has 0 bridgehead atoms. The minimum atomic E-state index is -0.272. The standard InChI is InChI=1S/C24H29N3O2/c25-15-21(18-11-12-18)26-24(29)20-13-14-22(28)27(16-17-7-3-1-4-8-17)23(20)19-9-5-2-6-10-19/h1-10,18,20-21,23H,11-16,25H2,(H,26,29). The van der Waals surface area contributed by atoms with Crippen LogP contribution < -0.4 is 11.1 Å². The van der Waals surface area contributed by atoms with Crippen LogP contribution in [0, 0.1) is 11.8 Å². The van der Waals surface area contributed by atoms with Crippen molar-refractivity contribution in [3.63, 3.8) is 0 Å². The molecule has 152 valence electrons. The lowest BCUT2D eigenvalue weighted by atomic mass is 9.83. The number of amides is 2. The van der Waals surface area contributed by atoms with Gasteiger partial charge in [-0.15, -0.1) is 0 Å². The summed E-state index contributed by atoms with van der Waals surface area (Å²) < 4.78 is 0. The van der Waals surface area contributed by atoms with Crippen LogP contribution in [0.4, 0.5) is 0 Å². The Morgan fingerprint density at radius 2 is 1.69 bits per heavy atom. The van der Waals surface area contributed by atoms with Gasteiger partial charge in [-0.2, -0.15) is 0 Å². The molecule has 1 aliphatic carbocycles. The molecule has 5 nitrogen and oxygen atoms in total. The summed E-state index contributed by atoms with van der Waals surface area (Å²) in [6.07, 6.45) is 3.23. The fourth-order valence-electron chi connectivity index (χ4n) is 4.41. The average Bonchev–Trinajstić information content (AvgIpc) is 3.60. The van der Waals surface area contributed by atoms with E-state index in [0.29, 0.717) is 31.8 Å². The summed E-state index contributed by atoms with van der Waals surface area (Å²) in [5, 5.41) is 3.20. The van der Waals surface area contributed by atoms with Crippen molar-refractivity contribution in [2.75, 3.05) is 6.54 Å². The molecule has 0 radical (unpaired) electrons. The molecule has 29 heavy (non-hydrogen) atoms. The maximum atomic E-state index is 13.3. The molecule has 1 heterocycles. The molecule has 1 saturated carbocycles. The van der Waals surface area contributed by atoms with Gasteiger partial charge in [-0.05, 0) is 36.3 Å². The van der Waals surface area contributed by atoms with Gasteiger partial charge in [0.05, 0.1) is 12.0 Å². The Balaban J connectivity index is 1.62. The van der Waals surface area contributed by atoms with Crippen LogP contribution in [0.3, 0.4) is 0 Å². The van der Waals surface area contributed by atoms with Crippen LogP contribution in [-0.4, -0.2) is 29.3 Å². The van der Waals surface area contributed by atoms with Crippen molar-refractivity contribution in [2.24, 2.45) is 17.6 Å². The molecule has 2 aromatic carbocycles. The summed E-state index contributed by atoms with van der Waals surface area (Å²) in [6.45, 7) is 0.970. The number of hydrogen-bond acceptors (Lipinski definition) is 3. The number of carbonyl (C=O) groups is 2. The number of nitrogens with zero attached hydrogens (tertiary/aromatic N) is 1. The second-order valence-corrected chi connectivity index (χ2v) is 8.20. The zero-order valence-corrected chi connectivity index (χ0v) is 16.7. The molecular formula is C24H29N3O2. The van der Waals surface area contributed by atoms with Gasteiger partial charge in [-0.1, -0.05) is 60.7 Å². The van der Waals surface area contributed by atoms with Gasteiger partial charge in [0.25, 0.3) is 0 Å². The highest BCUT2D eigenvalue weighted by Crippen LogP contribution is 2.39. The van der Waals surface area contributed by atoms with Gasteiger partial charge in [-0.3, -0.25) is 9.59 Å². The third kappa shape index (κ3) is 4.51. The lowest BCUT2D eigenvalue weighted by molar-refractivity contribution is -0.144. The molecule has 4 rings (SSSR count). The zero-order valence-electron chi connectivity index (χ0n) is 16.7. The second-order valence-electron chi connectivity index (χ2n) is 8.20. The number of rotatable bonds is 7. The number of carbonyl (C=O) groups excluding carboxylic acids is 2. The Morgan fingerprint density at radius 1 is 1.03 bits per heavy atom. The molecule has 2 aliphatic rings. The third-order valence-electron chi connectivity index (χ3n) is 6.15. The summed E-state index contributed by atoms with van der Waals surface area (Å²) in [5.41, 5.74) is 7.99. The van der Waals surface area contributed by atoms with Crippen molar-refractivity contribution in [1.29, 1.82) is 0 Å². The number of hydrogen-bond donors (Lipinski definition) is 2. The van der Waals surface area contributed by atoms with E-state index >= 15 is 0 Å². The van der Waals surface area contributed by atoms with Gasteiger partial charge in [-0.25, -0.2) is 0 Å². The van der Waals surface area contributed by atoms with Gasteiger partial charge in [0.2, 0.25) is 11.8 Å². The molecule has 1 aliphatic heterocycles. The van der Waals surface area contributed by atoms with Crippen molar-refractivity contribution in [2.45, 2.75) is 44.3 Å². The van der Waals surface area contributed by atoms with E-state index < -0.39 is 0 Å². The maximum absolute atomic E-state index is 13.3. The smallest absolute Gasteiger partial charge is 0.225 e. The second kappa shape index (κ2) is 8.78. The third-order valence-corrected chi connectivity index (χ3v) is 6.15. The Labute approximate surface area is 172 Å². The van der Waals surface area contributed by atoms with Crippen LogP contribution in [-0.2, 0) is 16.1 Å². The minimum absolute atomic E-state index is 0.0202. The average molecular weight is 392 g/mol. The summed E-state index contributed by atoms with van der Waals surface area (Å²) in [7, 11) is 0. The van der Waals surface area contributed by atoms with E-state index in [-0.39, 0.29) is 29.8 Å². The summed E-state index contributed by atoms with van der Waals surface area (Å²) in [4.78, 5) is 28.1. The van der Waals surface area contributed by atoms with E-state index in [1.165, 1.54) is 0 Å². The maximum Gasteiger partial charge on any atom is 0.225 e. The highest BCUT2D eigenvalue weighted by Gasteiger charge is 2.42. The van der Waals surface area contributed by atoms with E-state index in [9.17, 15) is 9.59 Å². The molecule has 3 unspecified atom stereocenters. The van der Waals surface area contributed by atoms with Crippen molar-refractivity contribution in [3.8, 4) is 0 Å². The molecule has 3 N–H and O–H groups in total. The number of nitrogens with one attached hydrogen (secondary N) is 1. The predicted molar refractivity (Wildman–Crippen MR) is 113 cm³/mol. The lowest BCUT2D eigenvalue weighted by Gasteiger charge is -2.41. The molecule has 3 atom stereocenters. The van der Waals surface area contributed by atoms with Gasteiger partial charge in [0, 0.05) is 25.6 Å². The quantitative estimate of drug-likeness (QED) is 0.762. The highest BCUT2D eigenvalue weighted by atomic mass is 16.2. The van der Waals surface area contributed by atoms with E-state index in [1.807, 2.05) is 65.6 Å². The molecule has 1 saturated heterocycles. The largest absolute Gasteiger partial charge is 0.352 e. The van der Waals surface area contributed by atoms with Crippen LogP contribution in [0.5, 0.6) is 0 Å².